The fourth-order valence-corrected chi connectivity index (χ4v) is 2.88. The number of nitrogens with one attached hydrogen (secondary N) is 1. The van der Waals surface area contributed by atoms with E-state index in [0.29, 0.717) is 11.1 Å². The summed E-state index contributed by atoms with van der Waals surface area (Å²) in [6.45, 7) is 3.42. The summed E-state index contributed by atoms with van der Waals surface area (Å²) in [5.74, 6) is -3.03. The van der Waals surface area contributed by atoms with E-state index in [1.54, 1.807) is 38.1 Å². The Morgan fingerprint density at radius 2 is 1.83 bits per heavy atom. The van der Waals surface area contributed by atoms with Crippen molar-refractivity contribution in [3.63, 3.8) is 0 Å². The second-order valence-electron chi connectivity index (χ2n) is 6.01. The van der Waals surface area contributed by atoms with E-state index in [2.05, 4.69) is 0 Å². The molecule has 0 aliphatic carbocycles. The maximum Gasteiger partial charge on any atom is 0.271 e. The Kier molecular flexibility index (Phi) is 7.92. The van der Waals surface area contributed by atoms with Gasteiger partial charge >= 0.3 is 0 Å². The highest BCUT2D eigenvalue weighted by molar-refractivity contribution is 6.21. The first-order chi connectivity index (χ1) is 13.8. The van der Waals surface area contributed by atoms with Crippen LogP contribution in [0.4, 0.5) is 8.78 Å². The highest BCUT2D eigenvalue weighted by atomic mass is 35.5. The third-order valence-electron chi connectivity index (χ3n) is 4.04. The molecular weight excluding hydrogens is 404 g/mol. The van der Waals surface area contributed by atoms with Crippen molar-refractivity contribution in [1.82, 2.24) is 4.42 Å². The average molecular weight is 426 g/mol. The number of amidine groups is 1. The Balaban J connectivity index is 2.29. The van der Waals surface area contributed by atoms with Gasteiger partial charge in [-0.2, -0.15) is 0 Å². The average Bonchev–Trinajstić information content (AvgIpc) is 2.69. The van der Waals surface area contributed by atoms with Crippen LogP contribution < -0.4 is 10.5 Å². The minimum atomic E-state index is -1.57. The molecule has 0 fully saturated rings. The molecule has 6 nitrogen and oxygen atoms in total. The number of ether oxygens (including phenoxy) is 2. The summed E-state index contributed by atoms with van der Waals surface area (Å²) in [7, 11) is 0. The second-order valence-corrected chi connectivity index (χ2v) is 6.42. The molecule has 0 heterocycles. The van der Waals surface area contributed by atoms with Gasteiger partial charge in [-0.05, 0) is 31.5 Å². The number of nitrogens with two attached hydrogens (primary N) is 1. The van der Waals surface area contributed by atoms with Gasteiger partial charge in [-0.15, -0.1) is 0 Å². The lowest BCUT2D eigenvalue weighted by molar-refractivity contribution is -0.139. The molecule has 0 aliphatic rings. The van der Waals surface area contributed by atoms with Gasteiger partial charge < -0.3 is 15.2 Å². The van der Waals surface area contributed by atoms with Crippen LogP contribution in [0.2, 0.25) is 0 Å². The molecule has 3 N–H and O–H groups in total. The zero-order chi connectivity index (χ0) is 21.6. The van der Waals surface area contributed by atoms with Crippen LogP contribution in [0.15, 0.2) is 36.4 Å². The van der Waals surface area contributed by atoms with Crippen molar-refractivity contribution in [2.75, 3.05) is 13.2 Å². The van der Waals surface area contributed by atoms with Crippen LogP contribution in [0, 0.1) is 17.0 Å². The van der Waals surface area contributed by atoms with Gasteiger partial charge in [0.25, 0.3) is 5.91 Å². The zero-order valence-electron chi connectivity index (χ0n) is 16.0. The number of hydrogen-bond acceptors (Lipinski definition) is 4. The minimum absolute atomic E-state index is 0.0339. The van der Waals surface area contributed by atoms with Gasteiger partial charge in [-0.3, -0.25) is 10.2 Å². The van der Waals surface area contributed by atoms with Gasteiger partial charge in [0.2, 0.25) is 0 Å². The lowest BCUT2D eigenvalue weighted by Crippen LogP contribution is -2.30. The van der Waals surface area contributed by atoms with Crippen molar-refractivity contribution in [2.24, 2.45) is 5.73 Å². The quantitative estimate of drug-likeness (QED) is 0.362. The summed E-state index contributed by atoms with van der Waals surface area (Å²) in [5.41, 5.74) is 6.01. The third-order valence-corrected chi connectivity index (χ3v) is 4.32. The molecule has 0 spiro atoms. The smallest absolute Gasteiger partial charge is 0.271 e. The first-order valence-electron chi connectivity index (χ1n) is 8.92. The van der Waals surface area contributed by atoms with Crippen molar-refractivity contribution in [1.29, 1.82) is 5.41 Å². The van der Waals surface area contributed by atoms with E-state index < -0.39 is 29.2 Å². The number of carbonyl (C=O) groups excluding carboxylic acids is 1. The normalized spacial score (nSPS) is 11.8. The molecule has 2 aromatic carbocycles. The fourth-order valence-electron chi connectivity index (χ4n) is 2.66. The summed E-state index contributed by atoms with van der Waals surface area (Å²) >= 11 is 6.11. The molecule has 1 amide bonds. The van der Waals surface area contributed by atoms with E-state index in [0.717, 1.165) is 16.6 Å². The molecule has 1 atom stereocenters. The number of benzene rings is 2. The van der Waals surface area contributed by atoms with E-state index in [1.165, 1.54) is 0 Å². The van der Waals surface area contributed by atoms with Crippen molar-refractivity contribution in [3.8, 4) is 5.75 Å². The highest BCUT2D eigenvalue weighted by Crippen LogP contribution is 2.32. The van der Waals surface area contributed by atoms with Crippen LogP contribution in [0.5, 0.6) is 5.75 Å². The molecule has 0 aromatic heterocycles. The maximum atomic E-state index is 14.8. The van der Waals surface area contributed by atoms with E-state index in [4.69, 9.17) is 32.4 Å². The molecule has 0 aliphatic heterocycles. The van der Waals surface area contributed by atoms with Crippen LogP contribution in [0.1, 0.15) is 36.6 Å². The van der Waals surface area contributed by atoms with Gasteiger partial charge in [-0.25, -0.2) is 13.2 Å². The van der Waals surface area contributed by atoms with Crippen LogP contribution >= 0.6 is 11.8 Å². The summed E-state index contributed by atoms with van der Waals surface area (Å²) in [6, 6.07) is 8.68. The SMILES string of the molecule is CCOc1ccc(F)c(C(OCC)C(=O)N(Cl)Cc2ccc(C(=N)N)cc2)c1F. The fraction of sp³-hybridized carbons (Fsp3) is 0.300. The minimum Gasteiger partial charge on any atom is -0.491 e. The van der Waals surface area contributed by atoms with Crippen LogP contribution in [-0.2, 0) is 16.1 Å². The third kappa shape index (κ3) is 5.42. The first-order valence-corrected chi connectivity index (χ1v) is 9.26. The highest BCUT2D eigenvalue weighted by Gasteiger charge is 2.32. The van der Waals surface area contributed by atoms with E-state index in [1.807, 2.05) is 0 Å². The maximum absolute atomic E-state index is 14.8. The van der Waals surface area contributed by atoms with Crippen LogP contribution in [0.3, 0.4) is 0 Å². The number of hydrogen-bond donors (Lipinski definition) is 2. The first kappa shape index (κ1) is 22.6. The molecular formula is C20H22ClF2N3O3. The van der Waals surface area contributed by atoms with Gasteiger partial charge in [0.15, 0.2) is 17.7 Å². The Labute approximate surface area is 172 Å². The van der Waals surface area contributed by atoms with E-state index in [9.17, 15) is 13.6 Å². The summed E-state index contributed by atoms with van der Waals surface area (Å²) in [6.07, 6.45) is -1.57. The number of nitrogen functional groups attached to an aromatic ring is 1. The van der Waals surface area contributed by atoms with Crippen molar-refractivity contribution in [3.05, 3.63) is 64.7 Å². The molecule has 29 heavy (non-hydrogen) atoms. The Morgan fingerprint density at radius 3 is 2.38 bits per heavy atom. The Hall–Kier alpha value is -2.71. The number of nitrogens with zero attached hydrogens (tertiary/aromatic N) is 1. The lowest BCUT2D eigenvalue weighted by Gasteiger charge is -2.23. The standard InChI is InChI=1S/C20H22ClF2N3O3/c1-3-28-15-10-9-14(22)16(17(15)23)18(29-4-2)20(27)26(21)11-12-5-7-13(8-6-12)19(24)25/h5-10,18H,3-4,11H2,1-2H3,(H3,24,25). The predicted octanol–water partition coefficient (Wildman–Crippen LogP) is 3.91. The van der Waals surface area contributed by atoms with Crippen molar-refractivity contribution in [2.45, 2.75) is 26.5 Å². The van der Waals surface area contributed by atoms with Gasteiger partial charge in [0, 0.05) is 23.9 Å². The van der Waals surface area contributed by atoms with Gasteiger partial charge in [0.1, 0.15) is 11.7 Å². The number of halogens is 3. The molecule has 1 unspecified atom stereocenters. The zero-order valence-corrected chi connectivity index (χ0v) is 16.8. The van der Waals surface area contributed by atoms with E-state index >= 15 is 0 Å². The van der Waals surface area contributed by atoms with Crippen molar-refractivity contribution >= 4 is 23.5 Å². The van der Waals surface area contributed by atoms with Crippen LogP contribution in [0.25, 0.3) is 0 Å². The molecule has 0 saturated carbocycles. The summed E-state index contributed by atoms with van der Waals surface area (Å²) in [5, 5.41) is 7.39. The molecule has 0 saturated heterocycles. The van der Waals surface area contributed by atoms with Gasteiger partial charge in [-0.1, -0.05) is 24.3 Å². The molecule has 0 bridgehead atoms. The van der Waals surface area contributed by atoms with Crippen molar-refractivity contribution < 1.29 is 23.0 Å². The van der Waals surface area contributed by atoms with E-state index in [-0.39, 0.29) is 31.3 Å². The number of rotatable bonds is 9. The van der Waals surface area contributed by atoms with Gasteiger partial charge in [0.05, 0.1) is 18.7 Å². The predicted molar refractivity (Wildman–Crippen MR) is 106 cm³/mol. The monoisotopic (exact) mass is 425 g/mol. The molecule has 156 valence electrons. The summed E-state index contributed by atoms with van der Waals surface area (Å²) in [4.78, 5) is 12.8. The molecule has 0 radical (unpaired) electrons. The molecule has 2 rings (SSSR count). The lowest BCUT2D eigenvalue weighted by atomic mass is 10.1. The Bertz CT molecular complexity index is 878. The van der Waals surface area contributed by atoms with Crippen LogP contribution in [-0.4, -0.2) is 29.4 Å². The topological polar surface area (TPSA) is 88.6 Å². The molecule has 9 heteroatoms. The number of amides is 1. The Morgan fingerprint density at radius 1 is 1.17 bits per heavy atom. The summed E-state index contributed by atoms with van der Waals surface area (Å²) < 4.78 is 40.5. The second kappa shape index (κ2) is 10.2. The largest absolute Gasteiger partial charge is 0.491 e. The number of carbonyl (C=O) groups is 1. The molecule has 2 aromatic rings.